The average Bonchev–Trinajstić information content (AvgIpc) is 3.59. The molecule has 3 aromatic heterocycles. The second-order valence-corrected chi connectivity index (χ2v) is 10.6. The monoisotopic (exact) mass is 555 g/mol. The largest absolute Gasteiger partial charge is 0.354 e. The molecule has 4 aromatic rings. The van der Waals surface area contributed by atoms with Crippen molar-refractivity contribution < 1.29 is 4.79 Å². The normalized spacial score (nSPS) is 13.7. The van der Waals surface area contributed by atoms with Crippen LogP contribution in [0.1, 0.15) is 56.9 Å². The summed E-state index contributed by atoms with van der Waals surface area (Å²) < 4.78 is 2.03. The van der Waals surface area contributed by atoms with E-state index in [-0.39, 0.29) is 18.9 Å². The first-order chi connectivity index (χ1) is 18.9. The van der Waals surface area contributed by atoms with Gasteiger partial charge in [-0.3, -0.25) is 14.4 Å². The Balaban J connectivity index is 1.41. The Kier molecular flexibility index (Phi) is 7.67. The van der Waals surface area contributed by atoms with E-state index in [2.05, 4.69) is 58.0 Å². The van der Waals surface area contributed by atoms with Crippen molar-refractivity contribution in [2.45, 2.75) is 33.2 Å². The van der Waals surface area contributed by atoms with Crippen molar-refractivity contribution in [2.75, 3.05) is 13.1 Å². The highest BCUT2D eigenvalue weighted by molar-refractivity contribution is 7.15. The van der Waals surface area contributed by atoms with Gasteiger partial charge in [0.25, 0.3) is 0 Å². The molecule has 0 fully saturated rings. The summed E-state index contributed by atoms with van der Waals surface area (Å²) in [5, 5.41) is 13.3. The average molecular weight is 556 g/mol. The smallest absolute Gasteiger partial charge is 0.223 e. The Bertz CT molecular complexity index is 1700. The Hall–Kier alpha value is -4.15. The number of nitrogens with zero attached hydrogens (tertiary/aromatic N) is 4. The van der Waals surface area contributed by atoms with E-state index in [4.69, 9.17) is 22.3 Å². The van der Waals surface area contributed by atoms with E-state index in [0.29, 0.717) is 17.4 Å². The van der Waals surface area contributed by atoms with Gasteiger partial charge in [0.1, 0.15) is 16.9 Å². The summed E-state index contributed by atoms with van der Waals surface area (Å²) in [6.45, 7) is 6.60. The van der Waals surface area contributed by atoms with Crippen molar-refractivity contribution in [1.82, 2.24) is 25.1 Å². The standard InChI is InChI=1S/C29H26ClN7OS/c1-17-18(2)39-29-26(17)27(21-8-10-22(30)11-9-21)34-24(28-36-35-19(3)37(28)29)15-25(38)32-13-5-6-20-14-23(33-16-20)7-4-12-31/h8-11,14,16,24,33H,12-13,15,31H2,1-3H3,(H,32,38)/t24-/m0/s1. The van der Waals surface area contributed by atoms with Gasteiger partial charge in [0.15, 0.2) is 5.82 Å². The van der Waals surface area contributed by atoms with Gasteiger partial charge in [-0.15, -0.1) is 21.5 Å². The summed E-state index contributed by atoms with van der Waals surface area (Å²) in [6.07, 6.45) is 1.87. The van der Waals surface area contributed by atoms with Gasteiger partial charge >= 0.3 is 0 Å². The Morgan fingerprint density at radius 2 is 1.97 bits per heavy atom. The van der Waals surface area contributed by atoms with Crippen molar-refractivity contribution >= 4 is 34.6 Å². The minimum Gasteiger partial charge on any atom is -0.354 e. The highest BCUT2D eigenvalue weighted by atomic mass is 35.5. The number of benzene rings is 1. The van der Waals surface area contributed by atoms with Crippen LogP contribution in [0.2, 0.25) is 5.02 Å². The molecule has 4 heterocycles. The molecule has 8 nitrogen and oxygen atoms in total. The summed E-state index contributed by atoms with van der Waals surface area (Å²) in [5.74, 6) is 12.9. The van der Waals surface area contributed by atoms with Crippen LogP contribution in [0.3, 0.4) is 0 Å². The van der Waals surface area contributed by atoms with Crippen LogP contribution in [0.5, 0.6) is 0 Å². The van der Waals surface area contributed by atoms with E-state index in [1.807, 2.05) is 41.8 Å². The van der Waals surface area contributed by atoms with Crippen LogP contribution >= 0.6 is 22.9 Å². The van der Waals surface area contributed by atoms with Gasteiger partial charge in [0.2, 0.25) is 5.91 Å². The Labute approximate surface area is 235 Å². The van der Waals surface area contributed by atoms with Gasteiger partial charge in [0, 0.05) is 32.8 Å². The maximum absolute atomic E-state index is 13.0. The number of H-pyrrole nitrogens is 1. The highest BCUT2D eigenvalue weighted by Gasteiger charge is 2.32. The predicted molar refractivity (Wildman–Crippen MR) is 155 cm³/mol. The van der Waals surface area contributed by atoms with Gasteiger partial charge in [-0.1, -0.05) is 41.5 Å². The maximum Gasteiger partial charge on any atom is 0.223 e. The lowest BCUT2D eigenvalue weighted by molar-refractivity contribution is -0.121. The van der Waals surface area contributed by atoms with Gasteiger partial charge < -0.3 is 16.0 Å². The van der Waals surface area contributed by atoms with Crippen LogP contribution in [0.25, 0.3) is 5.00 Å². The molecule has 0 saturated heterocycles. The zero-order valence-corrected chi connectivity index (χ0v) is 23.3. The maximum atomic E-state index is 13.0. The molecule has 10 heteroatoms. The third kappa shape index (κ3) is 5.52. The topological polar surface area (TPSA) is 114 Å². The molecule has 4 N–H and O–H groups in total. The molecule has 196 valence electrons. The zero-order chi connectivity index (χ0) is 27.5. The van der Waals surface area contributed by atoms with Gasteiger partial charge in [-0.05, 0) is 50.5 Å². The number of aromatic amines is 1. The summed E-state index contributed by atoms with van der Waals surface area (Å²) in [7, 11) is 0. The number of nitrogens with two attached hydrogens (primary N) is 1. The van der Waals surface area contributed by atoms with Gasteiger partial charge in [-0.2, -0.15) is 0 Å². The number of nitrogens with one attached hydrogen (secondary N) is 2. The van der Waals surface area contributed by atoms with E-state index in [1.54, 1.807) is 17.5 Å². The van der Waals surface area contributed by atoms with Crippen LogP contribution in [0, 0.1) is 44.5 Å². The minimum atomic E-state index is -0.530. The number of thiophene rings is 1. The quantitative estimate of drug-likeness (QED) is 0.330. The van der Waals surface area contributed by atoms with E-state index in [0.717, 1.165) is 44.5 Å². The second kappa shape index (κ2) is 11.3. The molecule has 0 spiro atoms. The predicted octanol–water partition coefficient (Wildman–Crippen LogP) is 4.00. The third-order valence-corrected chi connectivity index (χ3v) is 7.80. The third-order valence-electron chi connectivity index (χ3n) is 6.35. The van der Waals surface area contributed by atoms with Gasteiger partial charge in [-0.25, -0.2) is 0 Å². The van der Waals surface area contributed by atoms with Crippen LogP contribution in [-0.2, 0) is 4.79 Å². The summed E-state index contributed by atoms with van der Waals surface area (Å²) in [5.41, 5.74) is 10.8. The number of hydrogen-bond donors (Lipinski definition) is 3. The molecular weight excluding hydrogens is 530 g/mol. The summed E-state index contributed by atoms with van der Waals surface area (Å²) in [4.78, 5) is 22.4. The van der Waals surface area contributed by atoms with Crippen molar-refractivity contribution in [3.63, 3.8) is 0 Å². The molecule has 0 aliphatic carbocycles. The molecule has 0 unspecified atom stereocenters. The van der Waals surface area contributed by atoms with Crippen molar-refractivity contribution in [3.8, 4) is 28.7 Å². The molecule has 1 amide bonds. The fourth-order valence-corrected chi connectivity index (χ4v) is 5.69. The van der Waals surface area contributed by atoms with E-state index in [9.17, 15) is 4.79 Å². The first kappa shape index (κ1) is 26.5. The molecule has 5 rings (SSSR count). The number of aromatic nitrogens is 4. The SMILES string of the molecule is Cc1sc2c(c1C)C(c1ccc(Cl)cc1)=N[C@@H](CC(=O)NCC#Cc1c[nH]c(C#CCN)c1)c1nnc(C)n1-2. The molecule has 0 bridgehead atoms. The summed E-state index contributed by atoms with van der Waals surface area (Å²) >= 11 is 7.85. The fraction of sp³-hybridized carbons (Fsp3) is 0.241. The molecule has 1 atom stereocenters. The molecular formula is C29H26ClN7OS. The number of halogens is 1. The van der Waals surface area contributed by atoms with Crippen molar-refractivity contribution in [2.24, 2.45) is 10.7 Å². The molecule has 39 heavy (non-hydrogen) atoms. The second-order valence-electron chi connectivity index (χ2n) is 9.00. The number of fused-ring (bicyclic) bond motifs is 3. The number of carbonyl (C=O) groups is 1. The number of amides is 1. The molecule has 1 aliphatic heterocycles. The molecule has 1 aromatic carbocycles. The van der Waals surface area contributed by atoms with E-state index in [1.165, 1.54) is 4.88 Å². The number of aliphatic imine (C=N–C) groups is 1. The first-order valence-corrected chi connectivity index (χ1v) is 13.5. The lowest BCUT2D eigenvalue weighted by atomic mass is 9.99. The fourth-order valence-electron chi connectivity index (χ4n) is 4.35. The number of hydrogen-bond acceptors (Lipinski definition) is 6. The Morgan fingerprint density at radius 1 is 1.18 bits per heavy atom. The number of carbonyl (C=O) groups excluding carboxylic acids is 1. The van der Waals surface area contributed by atoms with Crippen molar-refractivity contribution in [3.05, 3.63) is 86.0 Å². The van der Waals surface area contributed by atoms with Crippen LogP contribution in [0.15, 0.2) is 41.5 Å². The molecule has 0 saturated carbocycles. The molecule has 0 radical (unpaired) electrons. The molecule has 1 aliphatic rings. The lowest BCUT2D eigenvalue weighted by Crippen LogP contribution is -2.25. The van der Waals surface area contributed by atoms with Crippen LogP contribution < -0.4 is 11.1 Å². The van der Waals surface area contributed by atoms with Crippen LogP contribution in [0.4, 0.5) is 0 Å². The first-order valence-electron chi connectivity index (χ1n) is 12.3. The zero-order valence-electron chi connectivity index (χ0n) is 21.7. The number of rotatable bonds is 4. The lowest BCUT2D eigenvalue weighted by Gasteiger charge is -2.12. The number of aryl methyl sites for hydroxylation is 2. The van der Waals surface area contributed by atoms with E-state index < -0.39 is 6.04 Å². The van der Waals surface area contributed by atoms with Crippen LogP contribution in [-0.4, -0.2) is 44.5 Å². The minimum absolute atomic E-state index is 0.104. The summed E-state index contributed by atoms with van der Waals surface area (Å²) in [6, 6.07) is 8.92. The van der Waals surface area contributed by atoms with E-state index >= 15 is 0 Å². The highest BCUT2D eigenvalue weighted by Crippen LogP contribution is 2.39. The Morgan fingerprint density at radius 3 is 2.74 bits per heavy atom. The van der Waals surface area contributed by atoms with Crippen molar-refractivity contribution in [1.29, 1.82) is 0 Å². The van der Waals surface area contributed by atoms with Gasteiger partial charge in [0.05, 0.1) is 30.9 Å².